The molecule has 26 heavy (non-hydrogen) atoms. The van der Waals surface area contributed by atoms with Gasteiger partial charge in [-0.2, -0.15) is 4.68 Å². The molecule has 1 aliphatic rings. The average Bonchev–Trinajstić information content (AvgIpc) is 3.33. The van der Waals surface area contributed by atoms with E-state index in [2.05, 4.69) is 38.8 Å². The Kier molecular flexibility index (Phi) is 5.80. The molecule has 4 heterocycles. The van der Waals surface area contributed by atoms with Crippen LogP contribution in [0.15, 0.2) is 42.1 Å². The quantitative estimate of drug-likeness (QED) is 0.764. The lowest BCUT2D eigenvalue weighted by atomic mass is 10.4. The molecule has 9 heteroatoms. The SMILES string of the molecule is CCC.O=c1c(-n2ccnc2)c[nH]n1-c1cc(N2CCOCC2)ncn1.[HH]. The third-order valence-corrected chi connectivity index (χ3v) is 3.74. The fraction of sp³-hybridized carbons (Fsp3) is 0.412. The largest absolute Gasteiger partial charge is 0.378 e. The minimum atomic E-state index is -0.199. The van der Waals surface area contributed by atoms with Crippen molar-refractivity contribution in [1.29, 1.82) is 0 Å². The first kappa shape index (κ1) is 17.9. The van der Waals surface area contributed by atoms with Crippen molar-refractivity contribution in [2.45, 2.75) is 20.3 Å². The molecule has 1 aliphatic heterocycles. The number of morpholine rings is 1. The maximum Gasteiger partial charge on any atom is 0.296 e. The number of hydrogen-bond donors (Lipinski definition) is 1. The van der Waals surface area contributed by atoms with Crippen molar-refractivity contribution in [3.63, 3.8) is 0 Å². The van der Waals surface area contributed by atoms with Crippen LogP contribution in [0.2, 0.25) is 0 Å². The molecular formula is C17H25N7O2. The molecule has 0 aromatic carbocycles. The number of nitrogens with one attached hydrogen (secondary N) is 1. The summed E-state index contributed by atoms with van der Waals surface area (Å²) in [5.74, 6) is 1.28. The van der Waals surface area contributed by atoms with Crippen LogP contribution in [0.25, 0.3) is 11.5 Å². The van der Waals surface area contributed by atoms with Crippen molar-refractivity contribution in [1.82, 2.24) is 29.3 Å². The molecule has 0 amide bonds. The van der Waals surface area contributed by atoms with Crippen LogP contribution in [-0.4, -0.2) is 55.6 Å². The monoisotopic (exact) mass is 359 g/mol. The Labute approximate surface area is 152 Å². The summed E-state index contributed by atoms with van der Waals surface area (Å²) in [5.41, 5.74) is 0.281. The Morgan fingerprint density at radius 1 is 1.23 bits per heavy atom. The summed E-state index contributed by atoms with van der Waals surface area (Å²) >= 11 is 0. The predicted octanol–water partition coefficient (Wildman–Crippen LogP) is 1.64. The van der Waals surface area contributed by atoms with Crippen molar-refractivity contribution in [2.24, 2.45) is 0 Å². The van der Waals surface area contributed by atoms with Crippen molar-refractivity contribution in [3.05, 3.63) is 47.7 Å². The molecule has 3 aromatic heterocycles. The van der Waals surface area contributed by atoms with Gasteiger partial charge in [0, 0.05) is 39.2 Å². The zero-order valence-corrected chi connectivity index (χ0v) is 15.0. The summed E-state index contributed by atoms with van der Waals surface area (Å²) in [4.78, 5) is 27.1. The van der Waals surface area contributed by atoms with Crippen molar-refractivity contribution in [2.75, 3.05) is 31.2 Å². The van der Waals surface area contributed by atoms with E-state index in [4.69, 9.17) is 4.74 Å². The van der Waals surface area contributed by atoms with Gasteiger partial charge in [0.25, 0.3) is 5.56 Å². The Hall–Kier alpha value is -2.94. The minimum absolute atomic E-state index is 0. The van der Waals surface area contributed by atoms with E-state index < -0.39 is 0 Å². The summed E-state index contributed by atoms with van der Waals surface area (Å²) in [6, 6.07) is 1.79. The van der Waals surface area contributed by atoms with Gasteiger partial charge in [-0.25, -0.2) is 15.0 Å². The van der Waals surface area contributed by atoms with Crippen LogP contribution in [0.5, 0.6) is 0 Å². The van der Waals surface area contributed by atoms with E-state index in [9.17, 15) is 4.79 Å². The van der Waals surface area contributed by atoms with Crippen LogP contribution >= 0.6 is 0 Å². The molecule has 0 bridgehead atoms. The van der Waals surface area contributed by atoms with E-state index in [1.54, 1.807) is 35.6 Å². The third kappa shape index (κ3) is 3.83. The minimum Gasteiger partial charge on any atom is -0.378 e. The van der Waals surface area contributed by atoms with Crippen LogP contribution in [0.4, 0.5) is 5.82 Å². The van der Waals surface area contributed by atoms with E-state index in [-0.39, 0.29) is 6.99 Å². The zero-order chi connectivity index (χ0) is 18.4. The molecule has 3 aromatic rings. The highest BCUT2D eigenvalue weighted by molar-refractivity contribution is 5.44. The van der Waals surface area contributed by atoms with E-state index in [1.807, 2.05) is 0 Å². The zero-order valence-electron chi connectivity index (χ0n) is 15.0. The first-order valence-electron chi connectivity index (χ1n) is 8.68. The molecule has 0 aliphatic carbocycles. The third-order valence-electron chi connectivity index (χ3n) is 3.74. The normalized spacial score (nSPS) is 14.0. The summed E-state index contributed by atoms with van der Waals surface area (Å²) in [5, 5.41) is 2.93. The maximum atomic E-state index is 12.5. The highest BCUT2D eigenvalue weighted by Crippen LogP contribution is 2.14. The smallest absolute Gasteiger partial charge is 0.296 e. The molecule has 0 saturated carbocycles. The van der Waals surface area contributed by atoms with Crippen molar-refractivity contribution < 1.29 is 6.16 Å². The standard InChI is InChI=1S/C14H15N7O2.C3H8.H2/c22-14-11(20-2-1-15-10-20)8-18-21(14)13-7-12(16-9-17-13)19-3-5-23-6-4-19;1-3-2;/h1-2,7-10,18H,3-6H2;3H2,1-2H3;1H. The second kappa shape index (κ2) is 8.43. The number of rotatable bonds is 3. The number of imidazole rings is 1. The Morgan fingerprint density at radius 3 is 2.65 bits per heavy atom. The van der Waals surface area contributed by atoms with Crippen LogP contribution in [0, 0.1) is 0 Å². The topological polar surface area (TPSA) is 93.9 Å². The summed E-state index contributed by atoms with van der Waals surface area (Å²) in [6.07, 6.45) is 9.25. The van der Waals surface area contributed by atoms with Crippen LogP contribution in [-0.2, 0) is 4.74 Å². The van der Waals surface area contributed by atoms with Gasteiger partial charge in [-0.3, -0.25) is 14.5 Å². The molecule has 1 saturated heterocycles. The molecule has 0 atom stereocenters. The van der Waals surface area contributed by atoms with Gasteiger partial charge in [0.15, 0.2) is 5.82 Å². The molecule has 1 fully saturated rings. The van der Waals surface area contributed by atoms with Gasteiger partial charge < -0.3 is 9.64 Å². The molecular weight excluding hydrogens is 334 g/mol. The molecule has 140 valence electrons. The van der Waals surface area contributed by atoms with Gasteiger partial charge in [-0.1, -0.05) is 20.3 Å². The number of nitrogens with zero attached hydrogens (tertiary/aromatic N) is 6. The lowest BCUT2D eigenvalue weighted by Gasteiger charge is -2.27. The average molecular weight is 359 g/mol. The number of H-pyrrole nitrogens is 1. The van der Waals surface area contributed by atoms with Crippen LogP contribution in [0.3, 0.4) is 0 Å². The van der Waals surface area contributed by atoms with E-state index in [1.165, 1.54) is 17.4 Å². The van der Waals surface area contributed by atoms with Gasteiger partial charge in [0.2, 0.25) is 0 Å². The molecule has 1 N–H and O–H groups in total. The lowest BCUT2D eigenvalue weighted by molar-refractivity contribution is 0.122. The second-order valence-electron chi connectivity index (χ2n) is 5.81. The number of aromatic nitrogens is 6. The van der Waals surface area contributed by atoms with Crippen LogP contribution < -0.4 is 10.5 Å². The van der Waals surface area contributed by atoms with Gasteiger partial charge >= 0.3 is 0 Å². The number of anilines is 1. The number of hydrogen-bond acceptors (Lipinski definition) is 6. The van der Waals surface area contributed by atoms with Gasteiger partial charge in [0.1, 0.15) is 17.8 Å². The molecule has 9 nitrogen and oxygen atoms in total. The van der Waals surface area contributed by atoms with Crippen molar-refractivity contribution in [3.8, 4) is 11.5 Å². The number of aromatic amines is 1. The first-order chi connectivity index (χ1) is 12.7. The Bertz CT molecular complexity index is 870. The van der Waals surface area contributed by atoms with E-state index >= 15 is 0 Å². The van der Waals surface area contributed by atoms with Gasteiger partial charge in [-0.05, 0) is 0 Å². The van der Waals surface area contributed by atoms with Gasteiger partial charge in [0.05, 0.1) is 19.5 Å². The molecule has 4 rings (SSSR count). The fourth-order valence-electron chi connectivity index (χ4n) is 2.54. The van der Waals surface area contributed by atoms with Gasteiger partial charge in [-0.15, -0.1) is 0 Å². The Morgan fingerprint density at radius 2 is 1.96 bits per heavy atom. The highest BCUT2D eigenvalue weighted by atomic mass is 16.5. The molecule has 0 radical (unpaired) electrons. The second-order valence-corrected chi connectivity index (χ2v) is 5.81. The fourth-order valence-corrected chi connectivity index (χ4v) is 2.54. The maximum absolute atomic E-state index is 12.5. The first-order valence-corrected chi connectivity index (χ1v) is 8.68. The summed E-state index contributed by atoms with van der Waals surface area (Å²) < 4.78 is 8.39. The molecule has 0 unspecified atom stereocenters. The van der Waals surface area contributed by atoms with Crippen LogP contribution in [0.1, 0.15) is 21.7 Å². The van der Waals surface area contributed by atoms with E-state index in [0.29, 0.717) is 24.7 Å². The van der Waals surface area contributed by atoms with Crippen molar-refractivity contribution >= 4 is 5.82 Å². The lowest BCUT2D eigenvalue weighted by Crippen LogP contribution is -2.37. The highest BCUT2D eigenvalue weighted by Gasteiger charge is 2.15. The Balaban J connectivity index is 0.000000614. The predicted molar refractivity (Wildman–Crippen MR) is 100 cm³/mol. The summed E-state index contributed by atoms with van der Waals surface area (Å²) in [6.45, 7) is 7.14. The number of ether oxygens (including phenoxy) is 1. The molecule has 0 spiro atoms. The van der Waals surface area contributed by atoms with E-state index in [0.717, 1.165) is 18.9 Å². The summed E-state index contributed by atoms with van der Waals surface area (Å²) in [7, 11) is 0.